The van der Waals surface area contributed by atoms with Crippen LogP contribution >= 0.6 is 0 Å². The molecule has 1 unspecified atom stereocenters. The van der Waals surface area contributed by atoms with E-state index in [-0.39, 0.29) is 11.9 Å². The second-order valence-electron chi connectivity index (χ2n) is 3.33. The van der Waals surface area contributed by atoms with Gasteiger partial charge in [0.15, 0.2) is 0 Å². The summed E-state index contributed by atoms with van der Waals surface area (Å²) in [5, 5.41) is 2.52. The number of hydrogen-bond donors (Lipinski definition) is 2. The number of hydrogen-bond acceptors (Lipinski definition) is 4. The van der Waals surface area contributed by atoms with Crippen molar-refractivity contribution < 1.29 is 14.3 Å². The van der Waals surface area contributed by atoms with E-state index < -0.39 is 12.0 Å². The summed E-state index contributed by atoms with van der Waals surface area (Å²) in [7, 11) is 1.28. The van der Waals surface area contributed by atoms with E-state index in [9.17, 15) is 9.59 Å². The molecule has 2 atom stereocenters. The third-order valence-electron chi connectivity index (χ3n) is 1.76. The van der Waals surface area contributed by atoms with Crippen molar-refractivity contribution in [3.8, 4) is 0 Å². The fourth-order valence-corrected chi connectivity index (χ4v) is 0.908. The second-order valence-corrected chi connectivity index (χ2v) is 3.33. The van der Waals surface area contributed by atoms with Crippen molar-refractivity contribution in [1.29, 1.82) is 0 Å². The molecule has 1 amide bonds. The van der Waals surface area contributed by atoms with Crippen LogP contribution in [0.15, 0.2) is 0 Å². The SMILES string of the molecule is COC(=O)[C@@H](C)NC(=O)CCC(C)N. The molecule has 0 aliphatic carbocycles. The van der Waals surface area contributed by atoms with Crippen LogP contribution in [0.1, 0.15) is 26.7 Å². The topological polar surface area (TPSA) is 81.4 Å². The Morgan fingerprint density at radius 2 is 2.00 bits per heavy atom. The molecule has 0 rings (SSSR count). The highest BCUT2D eigenvalue weighted by molar-refractivity contribution is 5.83. The zero-order valence-electron chi connectivity index (χ0n) is 8.87. The van der Waals surface area contributed by atoms with E-state index in [1.807, 2.05) is 6.92 Å². The number of ether oxygens (including phenoxy) is 1. The van der Waals surface area contributed by atoms with E-state index in [0.717, 1.165) is 0 Å². The normalized spacial score (nSPS) is 14.3. The van der Waals surface area contributed by atoms with Crippen LogP contribution in [0.2, 0.25) is 0 Å². The van der Waals surface area contributed by atoms with Crippen LogP contribution in [0, 0.1) is 0 Å². The molecule has 3 N–H and O–H groups in total. The standard InChI is InChI=1S/C9H18N2O3/c1-6(10)4-5-8(12)11-7(2)9(13)14-3/h6-7H,4-5,10H2,1-3H3,(H,11,12)/t6?,7-/m1/s1. The summed E-state index contributed by atoms with van der Waals surface area (Å²) < 4.78 is 4.46. The molecule has 0 spiro atoms. The number of carbonyl (C=O) groups excluding carboxylic acids is 2. The van der Waals surface area contributed by atoms with Gasteiger partial charge in [0.1, 0.15) is 6.04 Å². The number of nitrogens with one attached hydrogen (secondary N) is 1. The van der Waals surface area contributed by atoms with Gasteiger partial charge in [0.2, 0.25) is 5.91 Å². The maximum atomic E-state index is 11.2. The van der Waals surface area contributed by atoms with Crippen molar-refractivity contribution in [3.05, 3.63) is 0 Å². The zero-order valence-corrected chi connectivity index (χ0v) is 8.87. The van der Waals surface area contributed by atoms with Crippen LogP contribution in [-0.2, 0) is 14.3 Å². The number of carbonyl (C=O) groups is 2. The average Bonchev–Trinajstić information content (AvgIpc) is 2.13. The van der Waals surface area contributed by atoms with E-state index in [1.165, 1.54) is 7.11 Å². The number of nitrogens with two attached hydrogens (primary N) is 1. The minimum absolute atomic E-state index is 0.00539. The maximum absolute atomic E-state index is 11.2. The Kier molecular flexibility index (Phi) is 5.87. The lowest BCUT2D eigenvalue weighted by molar-refractivity contribution is -0.144. The Morgan fingerprint density at radius 1 is 1.43 bits per heavy atom. The van der Waals surface area contributed by atoms with Gasteiger partial charge in [-0.05, 0) is 20.3 Å². The van der Waals surface area contributed by atoms with Gasteiger partial charge in [-0.3, -0.25) is 4.79 Å². The Morgan fingerprint density at radius 3 is 2.43 bits per heavy atom. The summed E-state index contributed by atoms with van der Waals surface area (Å²) in [5.41, 5.74) is 5.49. The molecule has 82 valence electrons. The summed E-state index contributed by atoms with van der Waals surface area (Å²) in [6.45, 7) is 3.41. The second kappa shape index (κ2) is 6.37. The minimum atomic E-state index is -0.597. The molecule has 0 saturated heterocycles. The van der Waals surface area contributed by atoms with Crippen LogP contribution < -0.4 is 11.1 Å². The Bertz CT molecular complexity index is 204. The largest absolute Gasteiger partial charge is 0.467 e. The van der Waals surface area contributed by atoms with Crippen molar-refractivity contribution >= 4 is 11.9 Å². The fourth-order valence-electron chi connectivity index (χ4n) is 0.908. The van der Waals surface area contributed by atoms with Crippen LogP contribution in [0.25, 0.3) is 0 Å². The molecular formula is C9H18N2O3. The van der Waals surface area contributed by atoms with Crippen LogP contribution in [0.4, 0.5) is 0 Å². The van der Waals surface area contributed by atoms with Gasteiger partial charge in [0.05, 0.1) is 7.11 Å². The minimum Gasteiger partial charge on any atom is -0.467 e. The highest BCUT2D eigenvalue weighted by atomic mass is 16.5. The third kappa shape index (κ3) is 5.53. The first-order chi connectivity index (χ1) is 6.47. The molecule has 0 fully saturated rings. The first-order valence-corrected chi connectivity index (χ1v) is 4.60. The molecule has 5 nitrogen and oxygen atoms in total. The Labute approximate surface area is 84.0 Å². The number of methoxy groups -OCH3 is 1. The molecule has 0 aromatic rings. The smallest absolute Gasteiger partial charge is 0.328 e. The number of rotatable bonds is 5. The van der Waals surface area contributed by atoms with Gasteiger partial charge in [0.25, 0.3) is 0 Å². The molecular weight excluding hydrogens is 184 g/mol. The zero-order chi connectivity index (χ0) is 11.1. The molecule has 5 heteroatoms. The lowest BCUT2D eigenvalue weighted by atomic mass is 10.2. The summed E-state index contributed by atoms with van der Waals surface area (Å²) in [5.74, 6) is -0.626. The predicted octanol–water partition coefficient (Wildman–Crippen LogP) is -0.208. The van der Waals surface area contributed by atoms with Crippen molar-refractivity contribution in [2.24, 2.45) is 5.73 Å². The number of amides is 1. The summed E-state index contributed by atoms with van der Waals surface area (Å²) in [4.78, 5) is 22.1. The molecule has 14 heavy (non-hydrogen) atoms. The lowest BCUT2D eigenvalue weighted by Crippen LogP contribution is -2.39. The van der Waals surface area contributed by atoms with E-state index >= 15 is 0 Å². The van der Waals surface area contributed by atoms with E-state index in [2.05, 4.69) is 10.1 Å². The van der Waals surface area contributed by atoms with E-state index in [1.54, 1.807) is 6.92 Å². The molecule has 0 heterocycles. The molecule has 0 aromatic heterocycles. The molecule has 0 saturated carbocycles. The van der Waals surface area contributed by atoms with Crippen molar-refractivity contribution in [2.75, 3.05) is 7.11 Å². The molecule has 0 aliphatic heterocycles. The first-order valence-electron chi connectivity index (χ1n) is 4.60. The highest BCUT2D eigenvalue weighted by Gasteiger charge is 2.15. The quantitative estimate of drug-likeness (QED) is 0.604. The Balaban J connectivity index is 3.77. The monoisotopic (exact) mass is 202 g/mol. The first kappa shape index (κ1) is 12.9. The van der Waals surface area contributed by atoms with Gasteiger partial charge in [-0.15, -0.1) is 0 Å². The van der Waals surface area contributed by atoms with Crippen LogP contribution in [0.5, 0.6) is 0 Å². The summed E-state index contributed by atoms with van der Waals surface area (Å²) in [6, 6.07) is -0.602. The number of esters is 1. The van der Waals surface area contributed by atoms with Crippen LogP contribution in [0.3, 0.4) is 0 Å². The molecule has 0 bridgehead atoms. The maximum Gasteiger partial charge on any atom is 0.328 e. The van der Waals surface area contributed by atoms with Crippen molar-refractivity contribution in [1.82, 2.24) is 5.32 Å². The predicted molar refractivity (Wildman–Crippen MR) is 52.5 cm³/mol. The molecule has 0 radical (unpaired) electrons. The van der Waals surface area contributed by atoms with E-state index in [4.69, 9.17) is 5.73 Å². The van der Waals surface area contributed by atoms with Gasteiger partial charge < -0.3 is 15.8 Å². The van der Waals surface area contributed by atoms with Gasteiger partial charge in [-0.25, -0.2) is 4.79 Å². The third-order valence-corrected chi connectivity index (χ3v) is 1.76. The van der Waals surface area contributed by atoms with Gasteiger partial charge in [-0.2, -0.15) is 0 Å². The molecule has 0 aromatic carbocycles. The van der Waals surface area contributed by atoms with Gasteiger partial charge >= 0.3 is 5.97 Å². The van der Waals surface area contributed by atoms with Crippen molar-refractivity contribution in [3.63, 3.8) is 0 Å². The highest BCUT2D eigenvalue weighted by Crippen LogP contribution is 1.94. The fraction of sp³-hybridized carbons (Fsp3) is 0.778. The van der Waals surface area contributed by atoms with Crippen LogP contribution in [-0.4, -0.2) is 31.1 Å². The van der Waals surface area contributed by atoms with Crippen molar-refractivity contribution in [2.45, 2.75) is 38.8 Å². The van der Waals surface area contributed by atoms with E-state index in [0.29, 0.717) is 12.8 Å². The summed E-state index contributed by atoms with van der Waals surface area (Å²) >= 11 is 0. The van der Waals surface area contributed by atoms with Gasteiger partial charge in [0, 0.05) is 12.5 Å². The lowest BCUT2D eigenvalue weighted by Gasteiger charge is -2.11. The van der Waals surface area contributed by atoms with Gasteiger partial charge in [-0.1, -0.05) is 0 Å². The summed E-state index contributed by atoms with van der Waals surface area (Å²) in [6.07, 6.45) is 0.943. The Hall–Kier alpha value is -1.10. The average molecular weight is 202 g/mol. The molecule has 0 aliphatic rings.